The molecule has 0 radical (unpaired) electrons. The highest BCUT2D eigenvalue weighted by Crippen LogP contribution is 2.34. The second-order valence-electron chi connectivity index (χ2n) is 11.7. The van der Waals surface area contributed by atoms with Crippen LogP contribution in [0.15, 0.2) is 51.5 Å². The summed E-state index contributed by atoms with van der Waals surface area (Å²) in [6.45, 7) is 3.04. The molecule has 3 aromatic rings. The van der Waals surface area contributed by atoms with Gasteiger partial charge in [0.25, 0.3) is 0 Å². The maximum atomic E-state index is 14.0. The van der Waals surface area contributed by atoms with Crippen molar-refractivity contribution in [3.8, 4) is 10.8 Å². The molecule has 0 saturated carbocycles. The Bertz CT molecular complexity index is 1690. The zero-order valence-corrected chi connectivity index (χ0v) is 29.6. The molecule has 5 amide bonds. The van der Waals surface area contributed by atoms with Gasteiger partial charge in [-0.15, -0.1) is 0 Å². The van der Waals surface area contributed by atoms with Gasteiger partial charge in [-0.1, -0.05) is 29.5 Å². The summed E-state index contributed by atoms with van der Waals surface area (Å²) >= 11 is 7.82. The number of nitrogens with zero attached hydrogens (tertiary/aromatic N) is 5. The Morgan fingerprint density at radius 2 is 1.73 bits per heavy atom. The highest BCUT2D eigenvalue weighted by molar-refractivity contribution is 9.11. The number of fused-ring (bicyclic) bond motifs is 1. The number of likely N-dealkylation sites (tertiary alicyclic amines) is 1. The summed E-state index contributed by atoms with van der Waals surface area (Å²) < 4.78 is 5.61. The summed E-state index contributed by atoms with van der Waals surface area (Å²) in [6, 6.07) is 9.76. The number of carbonyl (C=O) groups excluding carboxylic acids is 3. The van der Waals surface area contributed by atoms with Gasteiger partial charge in [0, 0.05) is 64.0 Å². The number of phenols is 1. The standard InChI is InChI=1S/C31H33Br2N7O7S/c32-21-13-18(14-22(33)26(21)41)15-24(27(42)37-9-11-39(12-10-37)30-34-16-25(48-30)47-31(45)46)36-28(43)38-7-5-20(6-8-38)40-17-19-3-1-2-4-23(19)35-29(40)44/h1-4,13-14,16,20,24,41H,5-12,15,17H2,(H,35,44)(H,36,43)(H,45,46)/t24-/m1/s1. The first kappa shape index (κ1) is 33.8. The number of aromatic nitrogens is 1. The van der Waals surface area contributed by atoms with Crippen molar-refractivity contribution in [1.29, 1.82) is 0 Å². The van der Waals surface area contributed by atoms with E-state index in [2.05, 4.69) is 47.5 Å². The highest BCUT2D eigenvalue weighted by atomic mass is 79.9. The van der Waals surface area contributed by atoms with Gasteiger partial charge in [0.1, 0.15) is 11.8 Å². The SMILES string of the molecule is O=C(O)Oc1cnc(N2CCN(C(=O)[C@@H](Cc3cc(Br)c(O)c(Br)c3)NC(=O)N3CCC(N4Cc5ccccc5NC4=O)CC3)CC2)s1. The Morgan fingerprint density at radius 3 is 2.42 bits per heavy atom. The van der Waals surface area contributed by atoms with Crippen LogP contribution in [0.25, 0.3) is 0 Å². The average molecular weight is 808 g/mol. The van der Waals surface area contributed by atoms with E-state index in [9.17, 15) is 24.3 Å². The number of carbonyl (C=O) groups is 4. The Balaban J connectivity index is 1.10. The van der Waals surface area contributed by atoms with Crippen molar-refractivity contribution < 1.29 is 34.1 Å². The van der Waals surface area contributed by atoms with Crippen LogP contribution in [0.4, 0.5) is 25.2 Å². The van der Waals surface area contributed by atoms with Crippen molar-refractivity contribution in [1.82, 2.24) is 25.0 Å². The van der Waals surface area contributed by atoms with Crippen LogP contribution in [0.5, 0.6) is 10.8 Å². The van der Waals surface area contributed by atoms with Gasteiger partial charge in [-0.25, -0.2) is 19.4 Å². The van der Waals surface area contributed by atoms with Crippen LogP contribution in [0.1, 0.15) is 24.0 Å². The molecular formula is C31H33Br2N7O7S. The number of para-hydroxylation sites is 1. The number of rotatable bonds is 7. The molecule has 6 rings (SSSR count). The van der Waals surface area contributed by atoms with Crippen molar-refractivity contribution in [3.05, 3.63) is 62.7 Å². The van der Waals surface area contributed by atoms with E-state index in [0.29, 0.717) is 72.7 Å². The van der Waals surface area contributed by atoms with Crippen LogP contribution in [-0.4, -0.2) is 105 Å². The van der Waals surface area contributed by atoms with Gasteiger partial charge >= 0.3 is 18.2 Å². The van der Waals surface area contributed by atoms with E-state index in [1.54, 1.807) is 21.9 Å². The third-order valence-electron chi connectivity index (χ3n) is 8.69. The Kier molecular flexibility index (Phi) is 10.3. The molecule has 3 aliphatic heterocycles. The second kappa shape index (κ2) is 14.6. The number of anilines is 2. The first-order chi connectivity index (χ1) is 23.0. The minimum absolute atomic E-state index is 0.0209. The quantitative estimate of drug-likeness (QED) is 0.243. The maximum absolute atomic E-state index is 14.0. The number of hydrogen-bond donors (Lipinski definition) is 4. The number of hydrogen-bond acceptors (Lipinski definition) is 9. The molecule has 0 aliphatic carbocycles. The lowest BCUT2D eigenvalue weighted by Gasteiger charge is -2.41. The molecule has 0 unspecified atom stereocenters. The second-order valence-corrected chi connectivity index (χ2v) is 14.4. The minimum Gasteiger partial charge on any atom is -0.506 e. The van der Waals surface area contributed by atoms with E-state index in [-0.39, 0.29) is 41.2 Å². The smallest absolute Gasteiger partial charge is 0.506 e. The molecular weight excluding hydrogens is 774 g/mol. The predicted octanol–water partition coefficient (Wildman–Crippen LogP) is 4.91. The Morgan fingerprint density at radius 1 is 1.04 bits per heavy atom. The molecule has 2 aromatic carbocycles. The molecule has 1 aromatic heterocycles. The first-order valence-corrected chi connectivity index (χ1v) is 17.7. The minimum atomic E-state index is -1.41. The fourth-order valence-electron chi connectivity index (χ4n) is 6.18. The van der Waals surface area contributed by atoms with Crippen molar-refractivity contribution >= 4 is 78.1 Å². The van der Waals surface area contributed by atoms with Gasteiger partial charge in [-0.2, -0.15) is 0 Å². The van der Waals surface area contributed by atoms with E-state index in [1.807, 2.05) is 34.1 Å². The zero-order valence-electron chi connectivity index (χ0n) is 25.6. The van der Waals surface area contributed by atoms with E-state index >= 15 is 0 Å². The van der Waals surface area contributed by atoms with Crippen LogP contribution in [0.3, 0.4) is 0 Å². The maximum Gasteiger partial charge on any atom is 0.512 e. The Labute approximate surface area is 296 Å². The molecule has 3 aliphatic rings. The van der Waals surface area contributed by atoms with Crippen molar-refractivity contribution in [2.75, 3.05) is 49.5 Å². The molecule has 0 bridgehead atoms. The third-order valence-corrected chi connectivity index (χ3v) is 10.8. The molecule has 4 heterocycles. The third kappa shape index (κ3) is 7.63. The number of nitrogens with one attached hydrogen (secondary N) is 2. The number of urea groups is 2. The summed E-state index contributed by atoms with van der Waals surface area (Å²) in [6.07, 6.45) is 1.35. The molecule has 17 heteroatoms. The van der Waals surface area contributed by atoms with E-state index in [0.717, 1.165) is 28.2 Å². The van der Waals surface area contributed by atoms with Gasteiger partial charge in [0.05, 0.1) is 15.1 Å². The highest BCUT2D eigenvalue weighted by Gasteiger charge is 2.35. The molecule has 1 atom stereocenters. The molecule has 2 saturated heterocycles. The monoisotopic (exact) mass is 805 g/mol. The number of piperidine rings is 1. The fourth-order valence-corrected chi connectivity index (χ4v) is 8.28. The normalized spacial score (nSPS) is 17.4. The summed E-state index contributed by atoms with van der Waals surface area (Å²) in [4.78, 5) is 62.7. The van der Waals surface area contributed by atoms with Gasteiger partial charge in [-0.3, -0.25) is 4.79 Å². The summed E-state index contributed by atoms with van der Waals surface area (Å²) in [7, 11) is 0. The molecule has 4 N–H and O–H groups in total. The average Bonchev–Trinajstić information content (AvgIpc) is 3.54. The van der Waals surface area contributed by atoms with E-state index in [1.165, 1.54) is 6.20 Å². The van der Waals surface area contributed by atoms with Crippen molar-refractivity contribution in [3.63, 3.8) is 0 Å². The summed E-state index contributed by atoms with van der Waals surface area (Å²) in [5.41, 5.74) is 2.60. The van der Waals surface area contributed by atoms with Crippen LogP contribution >= 0.6 is 43.2 Å². The lowest BCUT2D eigenvalue weighted by molar-refractivity contribution is -0.133. The van der Waals surface area contributed by atoms with Gasteiger partial charge < -0.3 is 45.2 Å². The van der Waals surface area contributed by atoms with Crippen molar-refractivity contribution in [2.45, 2.75) is 37.9 Å². The number of benzene rings is 2. The van der Waals surface area contributed by atoms with Crippen LogP contribution in [0.2, 0.25) is 0 Å². The largest absolute Gasteiger partial charge is 0.512 e. The molecule has 0 spiro atoms. The number of thiazole rings is 1. The number of phenolic OH excluding ortho intramolecular Hbond substituents is 1. The van der Waals surface area contributed by atoms with Crippen LogP contribution in [-0.2, 0) is 17.8 Å². The van der Waals surface area contributed by atoms with Crippen molar-refractivity contribution in [2.24, 2.45) is 0 Å². The van der Waals surface area contributed by atoms with Gasteiger partial charge in [-0.05, 0) is 74.0 Å². The number of ether oxygens (including phenoxy) is 1. The molecule has 254 valence electrons. The molecule has 2 fully saturated rings. The number of carboxylic acid groups (broad SMARTS) is 1. The van der Waals surface area contributed by atoms with Gasteiger partial charge in [0.15, 0.2) is 5.13 Å². The van der Waals surface area contributed by atoms with E-state index < -0.39 is 12.2 Å². The topological polar surface area (TPSA) is 168 Å². The van der Waals surface area contributed by atoms with E-state index in [4.69, 9.17) is 9.84 Å². The Hall–Kier alpha value is -4.09. The number of piperazine rings is 1. The number of amides is 5. The fraction of sp³-hybridized carbons (Fsp3) is 0.387. The zero-order chi connectivity index (χ0) is 33.9. The van der Waals surface area contributed by atoms with Crippen LogP contribution in [0, 0.1) is 0 Å². The van der Waals surface area contributed by atoms with Crippen LogP contribution < -0.4 is 20.3 Å². The number of halogens is 2. The molecule has 14 nitrogen and oxygen atoms in total. The predicted molar refractivity (Wildman–Crippen MR) is 185 cm³/mol. The first-order valence-electron chi connectivity index (χ1n) is 15.3. The van der Waals surface area contributed by atoms with Gasteiger partial charge in [0.2, 0.25) is 11.0 Å². The molecule has 48 heavy (non-hydrogen) atoms. The lowest BCUT2D eigenvalue weighted by Crippen LogP contribution is -2.58. The number of aromatic hydroxyl groups is 1. The lowest BCUT2D eigenvalue weighted by atomic mass is 10.0. The summed E-state index contributed by atoms with van der Waals surface area (Å²) in [5.74, 6) is -0.203. The summed E-state index contributed by atoms with van der Waals surface area (Å²) in [5, 5.41) is 25.8.